The van der Waals surface area contributed by atoms with Crippen molar-refractivity contribution in [2.75, 3.05) is 48.0 Å². The number of aliphatic imine (C=N–C) groups is 1. The topological polar surface area (TPSA) is 322 Å². The van der Waals surface area contributed by atoms with E-state index in [1.807, 2.05) is 0 Å². The van der Waals surface area contributed by atoms with Crippen molar-refractivity contribution in [3.05, 3.63) is 23.0 Å². The van der Waals surface area contributed by atoms with Crippen LogP contribution in [0.15, 0.2) is 22.4 Å². The first-order valence-electron chi connectivity index (χ1n) is 14.5. The number of aliphatic carboxylic acids is 1. The van der Waals surface area contributed by atoms with Crippen LogP contribution in [0.5, 0.6) is 0 Å². The lowest BCUT2D eigenvalue weighted by Gasteiger charge is -2.39. The number of H-pyrrole nitrogens is 1. The Hall–Kier alpha value is -4.81. The van der Waals surface area contributed by atoms with Gasteiger partial charge in [0.15, 0.2) is 39.0 Å². The molecule has 3 aromatic rings. The third-order valence-corrected chi connectivity index (χ3v) is 9.75. The Morgan fingerprint density at radius 1 is 1.17 bits per heavy atom. The van der Waals surface area contributed by atoms with Gasteiger partial charge in [-0.2, -0.15) is 4.98 Å². The number of amides is 1. The van der Waals surface area contributed by atoms with Crippen molar-refractivity contribution in [3.63, 3.8) is 0 Å². The Morgan fingerprint density at radius 2 is 1.92 bits per heavy atom. The highest BCUT2D eigenvalue weighted by Crippen LogP contribution is 2.33. The first kappa shape index (κ1) is 33.1. The minimum Gasteiger partial charge on any atom is -0.480 e. The van der Waals surface area contributed by atoms with Crippen molar-refractivity contribution in [2.24, 2.45) is 4.99 Å². The Balaban J connectivity index is 1.11. The Morgan fingerprint density at radius 3 is 2.65 bits per heavy atom. The van der Waals surface area contributed by atoms with Gasteiger partial charge in [0, 0.05) is 19.6 Å². The van der Waals surface area contributed by atoms with Gasteiger partial charge in [0.05, 0.1) is 17.6 Å². The second kappa shape index (κ2) is 12.0. The van der Waals surface area contributed by atoms with E-state index in [2.05, 4.69) is 40.7 Å². The van der Waals surface area contributed by atoms with Crippen molar-refractivity contribution >= 4 is 61.9 Å². The van der Waals surface area contributed by atoms with E-state index in [9.17, 15) is 38.1 Å². The molecule has 3 aliphatic rings. The van der Waals surface area contributed by atoms with Gasteiger partial charge in [-0.3, -0.25) is 34.3 Å². The maximum atomic E-state index is 13.3. The molecule has 0 aliphatic carbocycles. The number of aliphatic hydroxyl groups is 2. The number of nitrogens with two attached hydrogens (primary N) is 2. The fraction of sp³-hybridized carbons (Fsp3) is 0.520. The number of hydrogen-bond donors (Lipinski definition) is 8. The van der Waals surface area contributed by atoms with Gasteiger partial charge in [-0.15, -0.1) is 0 Å². The van der Waals surface area contributed by atoms with Crippen molar-refractivity contribution in [1.82, 2.24) is 44.8 Å². The number of aromatic amines is 1. The third-order valence-electron chi connectivity index (χ3n) is 8.19. The molecule has 1 amide bonds. The molecule has 0 spiro atoms. The van der Waals surface area contributed by atoms with E-state index in [1.165, 1.54) is 27.1 Å². The lowest BCUT2D eigenvalue weighted by atomic mass is 9.95. The number of carbonyl (C=O) groups is 2. The van der Waals surface area contributed by atoms with Crippen LogP contribution in [0.1, 0.15) is 20.1 Å². The fourth-order valence-electron chi connectivity index (χ4n) is 5.83. The number of imidazole rings is 1. The van der Waals surface area contributed by atoms with Gasteiger partial charge in [-0.25, -0.2) is 33.4 Å². The number of nitrogens with one attached hydrogen (secondary N) is 3. The zero-order valence-corrected chi connectivity index (χ0v) is 26.3. The highest BCUT2D eigenvalue weighted by molar-refractivity contribution is 7.91. The molecule has 2 saturated heterocycles. The average molecular weight is 692 g/mol. The van der Waals surface area contributed by atoms with Gasteiger partial charge in [0.2, 0.25) is 5.95 Å². The number of anilines is 3. The summed E-state index contributed by atoms with van der Waals surface area (Å²) in [5, 5.41) is 35.6. The molecule has 258 valence electrons. The summed E-state index contributed by atoms with van der Waals surface area (Å²) >= 11 is 0. The molecule has 0 radical (unpaired) electrons. The molecule has 48 heavy (non-hydrogen) atoms. The van der Waals surface area contributed by atoms with Gasteiger partial charge < -0.3 is 36.8 Å². The van der Waals surface area contributed by atoms with Gasteiger partial charge in [0.25, 0.3) is 11.5 Å². The summed E-state index contributed by atoms with van der Waals surface area (Å²) in [6.45, 7) is 2.91. The van der Waals surface area contributed by atoms with Crippen LogP contribution in [-0.4, -0.2) is 142 Å². The number of carbonyl (C=O) groups excluding carboxylic acids is 1. The number of hydrogen-bond acceptors (Lipinski definition) is 18. The first-order valence-corrected chi connectivity index (χ1v) is 16.3. The number of nitrogen functional groups attached to an aromatic ring is 2. The van der Waals surface area contributed by atoms with E-state index in [-0.39, 0.29) is 59.8 Å². The monoisotopic (exact) mass is 691 g/mol. The zero-order chi connectivity index (χ0) is 34.7. The molecular weight excluding hydrogens is 658 g/mol. The average Bonchev–Trinajstić information content (AvgIpc) is 3.53. The summed E-state index contributed by atoms with van der Waals surface area (Å²) < 4.78 is 33.7. The zero-order valence-electron chi connectivity index (χ0n) is 25.5. The highest BCUT2D eigenvalue weighted by Gasteiger charge is 2.47. The van der Waals surface area contributed by atoms with Gasteiger partial charge in [0.1, 0.15) is 47.8 Å². The van der Waals surface area contributed by atoms with Gasteiger partial charge in [-0.05, 0) is 13.8 Å². The summed E-state index contributed by atoms with van der Waals surface area (Å²) in [6.07, 6.45) is -3.32. The maximum Gasteiger partial charge on any atom is 0.322 e. The molecule has 0 aromatic carbocycles. The summed E-state index contributed by atoms with van der Waals surface area (Å²) in [5.41, 5.74) is 12.4. The Kier molecular flexibility index (Phi) is 8.29. The molecule has 2 unspecified atom stereocenters. The fourth-order valence-corrected chi connectivity index (χ4v) is 7.53. The predicted octanol–water partition coefficient (Wildman–Crippen LogP) is -3.86. The normalized spacial score (nSPS) is 26.1. The number of nitrogens with zero attached hydrogens (tertiary/aromatic N) is 8. The smallest absolute Gasteiger partial charge is 0.322 e. The van der Waals surface area contributed by atoms with E-state index in [0.717, 1.165) is 0 Å². The standard InChI is InChI=1S/C25H33N13O9S/c1-25(2)16(31-13-18(34-25)32-24(27)33-20(13)41)21(42)35-37-4-3-36(10(5-37)23(43)44)9-48(45,46)6-11-14(39)15(40)22(47-11)38-8-30-12-17(26)28-7-29-19(12)38/h7-8,10-11,14-15,22,39-40H,3-6,9H2,1-2H3,(H,35,42)(H,43,44)(H2,26,28,29)(H4,27,32,33,34,41)/t10?,11-,14?,15+,22-/m1/s1. The molecule has 6 rings (SSSR count). The first-order chi connectivity index (χ1) is 22.5. The van der Waals surface area contributed by atoms with E-state index >= 15 is 0 Å². The van der Waals surface area contributed by atoms with Gasteiger partial charge in [-0.1, -0.05) is 0 Å². The van der Waals surface area contributed by atoms with E-state index in [1.54, 1.807) is 13.8 Å². The van der Waals surface area contributed by atoms with E-state index < -0.39 is 75.0 Å². The molecule has 3 aromatic heterocycles. The van der Waals surface area contributed by atoms with Crippen LogP contribution in [0.3, 0.4) is 0 Å². The molecule has 10 N–H and O–H groups in total. The second-order valence-corrected chi connectivity index (χ2v) is 14.2. The van der Waals surface area contributed by atoms with Crippen LogP contribution in [0.25, 0.3) is 11.2 Å². The predicted molar refractivity (Wildman–Crippen MR) is 166 cm³/mol. The van der Waals surface area contributed by atoms with Crippen LogP contribution in [0.2, 0.25) is 0 Å². The van der Waals surface area contributed by atoms with E-state index in [4.69, 9.17) is 16.2 Å². The number of rotatable bonds is 8. The van der Waals surface area contributed by atoms with Gasteiger partial charge >= 0.3 is 5.97 Å². The summed E-state index contributed by atoms with van der Waals surface area (Å²) in [7, 11) is -4.12. The number of sulfone groups is 1. The molecular formula is C25H33N13O9S. The molecule has 23 heteroatoms. The molecule has 22 nitrogen and oxygen atoms in total. The number of aromatic nitrogens is 6. The summed E-state index contributed by atoms with van der Waals surface area (Å²) in [6, 6.07) is -1.36. The molecule has 2 fully saturated rings. The maximum absolute atomic E-state index is 13.3. The minimum atomic E-state index is -4.12. The van der Waals surface area contributed by atoms with E-state index in [0.29, 0.717) is 0 Å². The van der Waals surface area contributed by atoms with Crippen LogP contribution in [0.4, 0.5) is 23.3 Å². The largest absolute Gasteiger partial charge is 0.480 e. The van der Waals surface area contributed by atoms with Crippen molar-refractivity contribution in [3.8, 4) is 0 Å². The van der Waals surface area contributed by atoms with Crippen LogP contribution in [-0.2, 0) is 24.2 Å². The molecule has 3 aliphatic heterocycles. The Labute approximate surface area is 270 Å². The number of ether oxygens (including phenoxy) is 1. The van der Waals surface area contributed by atoms with Crippen LogP contribution in [0, 0.1) is 0 Å². The lowest BCUT2D eigenvalue weighted by molar-refractivity contribution is -0.147. The summed E-state index contributed by atoms with van der Waals surface area (Å²) in [5.74, 6) is -3.48. The molecule has 6 heterocycles. The molecule has 5 atom stereocenters. The molecule has 0 bridgehead atoms. The molecule has 0 saturated carbocycles. The number of piperazine rings is 1. The Bertz CT molecular complexity index is 1980. The van der Waals surface area contributed by atoms with Crippen molar-refractivity contribution < 1.29 is 38.1 Å². The second-order valence-electron chi connectivity index (χ2n) is 12.1. The SMILES string of the molecule is CC1(C)Nc2nc(N)[nH]c(=O)c2N=C1C(=O)NN1CCN(CS(=O)(=O)C[C@H]2O[C@@H](n3cnc4c(N)ncnc43)[C@@H](O)C2O)C(C(=O)O)C1. The number of carboxylic acids is 1. The van der Waals surface area contributed by atoms with Crippen LogP contribution < -0.4 is 27.8 Å². The summed E-state index contributed by atoms with van der Waals surface area (Å²) in [4.78, 5) is 61.7. The van der Waals surface area contributed by atoms with Crippen molar-refractivity contribution in [2.45, 2.75) is 50.0 Å². The lowest BCUT2D eigenvalue weighted by Crippen LogP contribution is -2.63. The minimum absolute atomic E-state index is 0.0312. The third kappa shape index (κ3) is 6.13. The van der Waals surface area contributed by atoms with Crippen LogP contribution >= 0.6 is 0 Å². The highest BCUT2D eigenvalue weighted by atomic mass is 32.2. The number of hydrazine groups is 1. The number of carboxylic acid groups (broad SMARTS) is 1. The van der Waals surface area contributed by atoms with Crippen molar-refractivity contribution in [1.29, 1.82) is 0 Å². The quantitative estimate of drug-likeness (QED) is 0.112. The number of aliphatic hydroxyl groups excluding tert-OH is 2. The number of fused-ring (bicyclic) bond motifs is 2.